The van der Waals surface area contributed by atoms with Crippen molar-refractivity contribution < 1.29 is 9.18 Å². The normalized spacial score (nSPS) is 11.1. The molecule has 5 heteroatoms. The smallest absolute Gasteiger partial charge is 0.315 e. The number of benzene rings is 1. The molecule has 0 bridgehead atoms. The van der Waals surface area contributed by atoms with Gasteiger partial charge in [-0.05, 0) is 31.5 Å². The molecule has 0 unspecified atom stereocenters. The molecule has 94 valence electrons. The molecule has 0 radical (unpaired) electrons. The van der Waals surface area contributed by atoms with Crippen molar-refractivity contribution in [1.29, 1.82) is 0 Å². The Labute approximate surface area is 100 Å². The summed E-state index contributed by atoms with van der Waals surface area (Å²) >= 11 is 0. The van der Waals surface area contributed by atoms with Gasteiger partial charge in [0.2, 0.25) is 0 Å². The summed E-state index contributed by atoms with van der Waals surface area (Å²) in [6, 6.07) is 5.85. The number of hydrogen-bond acceptors (Lipinski definition) is 2. The highest BCUT2D eigenvalue weighted by atomic mass is 19.1. The summed E-state index contributed by atoms with van der Waals surface area (Å²) < 4.78 is 13.1. The average molecular weight is 239 g/mol. The maximum Gasteiger partial charge on any atom is 0.315 e. The molecular formula is C12H18FN3O. The van der Waals surface area contributed by atoms with Crippen LogP contribution in [0.3, 0.4) is 0 Å². The predicted octanol–water partition coefficient (Wildman–Crippen LogP) is 1.32. The van der Waals surface area contributed by atoms with Gasteiger partial charge in [0, 0.05) is 13.1 Å². The number of carbonyl (C=O) groups is 1. The Kier molecular flexibility index (Phi) is 4.45. The van der Waals surface area contributed by atoms with Gasteiger partial charge in [0.15, 0.2) is 0 Å². The van der Waals surface area contributed by atoms with Gasteiger partial charge in [-0.2, -0.15) is 0 Å². The second-order valence-electron chi connectivity index (χ2n) is 4.30. The van der Waals surface area contributed by atoms with Gasteiger partial charge in [-0.3, -0.25) is 0 Å². The number of hydrogen-bond donors (Lipinski definition) is 3. The highest BCUT2D eigenvalue weighted by Gasteiger charge is 2.22. The third-order valence-electron chi connectivity index (χ3n) is 2.40. The third kappa shape index (κ3) is 4.03. The molecule has 0 spiro atoms. The molecule has 0 saturated carbocycles. The van der Waals surface area contributed by atoms with Crippen molar-refractivity contribution >= 4 is 6.03 Å². The van der Waals surface area contributed by atoms with Crippen LogP contribution in [0.5, 0.6) is 0 Å². The van der Waals surface area contributed by atoms with Crippen molar-refractivity contribution in [3.8, 4) is 0 Å². The maximum absolute atomic E-state index is 13.1. The molecule has 4 nitrogen and oxygen atoms in total. The van der Waals surface area contributed by atoms with Crippen LogP contribution in [0.2, 0.25) is 0 Å². The highest BCUT2D eigenvalue weighted by Crippen LogP contribution is 2.20. The molecule has 0 fully saturated rings. The van der Waals surface area contributed by atoms with E-state index < -0.39 is 5.54 Å². The summed E-state index contributed by atoms with van der Waals surface area (Å²) in [6.45, 7) is 4.41. The number of nitrogens with one attached hydrogen (secondary N) is 2. The predicted molar refractivity (Wildman–Crippen MR) is 65.0 cm³/mol. The minimum Gasteiger partial charge on any atom is -0.337 e. The largest absolute Gasteiger partial charge is 0.337 e. The Morgan fingerprint density at radius 3 is 2.76 bits per heavy atom. The number of rotatable bonds is 4. The minimum absolute atomic E-state index is 0.315. The molecule has 0 aliphatic carbocycles. The first kappa shape index (κ1) is 13.4. The van der Waals surface area contributed by atoms with Crippen molar-refractivity contribution in [3.63, 3.8) is 0 Å². The van der Waals surface area contributed by atoms with Gasteiger partial charge in [-0.25, -0.2) is 9.18 Å². The Morgan fingerprint density at radius 1 is 1.47 bits per heavy atom. The van der Waals surface area contributed by atoms with E-state index in [0.29, 0.717) is 18.7 Å². The number of halogens is 1. The fraction of sp³-hybridized carbons (Fsp3) is 0.417. The molecule has 0 aliphatic rings. The fourth-order valence-electron chi connectivity index (χ4n) is 1.46. The lowest BCUT2D eigenvalue weighted by Gasteiger charge is -2.27. The van der Waals surface area contributed by atoms with Crippen LogP contribution in [0.1, 0.15) is 19.4 Å². The SMILES string of the molecule is CC(C)(NC(=O)NCCN)c1cccc(F)c1. The van der Waals surface area contributed by atoms with E-state index in [1.165, 1.54) is 12.1 Å². The van der Waals surface area contributed by atoms with E-state index in [1.54, 1.807) is 12.1 Å². The molecule has 0 atom stereocenters. The first-order valence-corrected chi connectivity index (χ1v) is 5.48. The zero-order chi connectivity index (χ0) is 12.9. The van der Waals surface area contributed by atoms with E-state index in [4.69, 9.17) is 5.73 Å². The molecular weight excluding hydrogens is 221 g/mol. The molecule has 0 heterocycles. The molecule has 0 aliphatic heterocycles. The molecule has 1 aromatic rings. The first-order valence-electron chi connectivity index (χ1n) is 5.48. The number of carbonyl (C=O) groups excluding carboxylic acids is 1. The molecule has 0 aromatic heterocycles. The average Bonchev–Trinajstić information content (AvgIpc) is 2.26. The molecule has 1 rings (SSSR count). The minimum atomic E-state index is -0.638. The Bertz CT molecular complexity index is 393. The lowest BCUT2D eigenvalue weighted by atomic mass is 9.94. The molecule has 1 aromatic carbocycles. The van der Waals surface area contributed by atoms with Crippen LogP contribution in [0, 0.1) is 5.82 Å². The van der Waals surface area contributed by atoms with Crippen molar-refractivity contribution in [3.05, 3.63) is 35.6 Å². The van der Waals surface area contributed by atoms with E-state index in [2.05, 4.69) is 10.6 Å². The second-order valence-corrected chi connectivity index (χ2v) is 4.30. The van der Waals surface area contributed by atoms with E-state index in [1.807, 2.05) is 13.8 Å². The van der Waals surface area contributed by atoms with E-state index in [-0.39, 0.29) is 11.8 Å². The van der Waals surface area contributed by atoms with Crippen LogP contribution in [0.25, 0.3) is 0 Å². The summed E-state index contributed by atoms with van der Waals surface area (Å²) in [4.78, 5) is 11.5. The standard InChI is InChI=1S/C12H18FN3O/c1-12(2,16-11(17)15-7-6-14)9-4-3-5-10(13)8-9/h3-5,8H,6-7,14H2,1-2H3,(H2,15,16,17). The number of urea groups is 1. The summed E-state index contributed by atoms with van der Waals surface area (Å²) in [7, 11) is 0. The van der Waals surface area contributed by atoms with E-state index in [0.717, 1.165) is 0 Å². The molecule has 2 amide bonds. The lowest BCUT2D eigenvalue weighted by Crippen LogP contribution is -2.47. The fourth-order valence-corrected chi connectivity index (χ4v) is 1.46. The van der Waals surface area contributed by atoms with Crippen molar-refractivity contribution in [1.82, 2.24) is 10.6 Å². The van der Waals surface area contributed by atoms with Crippen LogP contribution in [0.15, 0.2) is 24.3 Å². The maximum atomic E-state index is 13.1. The zero-order valence-corrected chi connectivity index (χ0v) is 10.1. The summed E-state index contributed by atoms with van der Waals surface area (Å²) in [6.07, 6.45) is 0. The van der Waals surface area contributed by atoms with Crippen LogP contribution in [0.4, 0.5) is 9.18 Å². The number of amides is 2. The lowest BCUT2D eigenvalue weighted by molar-refractivity contribution is 0.230. The topological polar surface area (TPSA) is 67.2 Å². The Balaban J connectivity index is 2.71. The molecule has 0 saturated heterocycles. The van der Waals surface area contributed by atoms with Crippen LogP contribution < -0.4 is 16.4 Å². The second kappa shape index (κ2) is 5.63. The van der Waals surface area contributed by atoms with E-state index >= 15 is 0 Å². The van der Waals surface area contributed by atoms with Crippen LogP contribution in [-0.2, 0) is 5.54 Å². The van der Waals surface area contributed by atoms with Gasteiger partial charge >= 0.3 is 6.03 Å². The third-order valence-corrected chi connectivity index (χ3v) is 2.40. The summed E-state index contributed by atoms with van der Waals surface area (Å²) in [5.41, 5.74) is 5.35. The van der Waals surface area contributed by atoms with Crippen LogP contribution in [-0.4, -0.2) is 19.1 Å². The Hall–Kier alpha value is -1.62. The van der Waals surface area contributed by atoms with Gasteiger partial charge in [0.25, 0.3) is 0 Å². The van der Waals surface area contributed by atoms with Crippen molar-refractivity contribution in [2.24, 2.45) is 5.73 Å². The monoisotopic (exact) mass is 239 g/mol. The van der Waals surface area contributed by atoms with Gasteiger partial charge in [0.1, 0.15) is 5.82 Å². The van der Waals surface area contributed by atoms with Gasteiger partial charge < -0.3 is 16.4 Å². The van der Waals surface area contributed by atoms with Crippen molar-refractivity contribution in [2.45, 2.75) is 19.4 Å². The van der Waals surface area contributed by atoms with Gasteiger partial charge in [0.05, 0.1) is 5.54 Å². The van der Waals surface area contributed by atoms with Crippen molar-refractivity contribution in [2.75, 3.05) is 13.1 Å². The van der Waals surface area contributed by atoms with Gasteiger partial charge in [-0.15, -0.1) is 0 Å². The highest BCUT2D eigenvalue weighted by molar-refractivity contribution is 5.74. The summed E-state index contributed by atoms with van der Waals surface area (Å²) in [5, 5.41) is 5.37. The molecule has 17 heavy (non-hydrogen) atoms. The summed E-state index contributed by atoms with van der Waals surface area (Å²) in [5.74, 6) is -0.320. The van der Waals surface area contributed by atoms with E-state index in [9.17, 15) is 9.18 Å². The molecule has 4 N–H and O–H groups in total. The number of nitrogens with two attached hydrogens (primary N) is 1. The van der Waals surface area contributed by atoms with Crippen LogP contribution >= 0.6 is 0 Å². The quantitative estimate of drug-likeness (QED) is 0.741. The first-order chi connectivity index (χ1) is 7.95. The Morgan fingerprint density at radius 2 is 2.18 bits per heavy atom. The van der Waals surface area contributed by atoms with Gasteiger partial charge in [-0.1, -0.05) is 12.1 Å². The zero-order valence-electron chi connectivity index (χ0n) is 10.1.